The Balaban J connectivity index is 2.54. The molecule has 2 rings (SSSR count). The summed E-state index contributed by atoms with van der Waals surface area (Å²) in [5, 5.41) is 11.9. The van der Waals surface area contributed by atoms with E-state index >= 15 is 0 Å². The van der Waals surface area contributed by atoms with Gasteiger partial charge < -0.3 is 14.4 Å². The molecule has 0 saturated carbocycles. The van der Waals surface area contributed by atoms with Crippen LogP contribution in [0.2, 0.25) is 0 Å². The van der Waals surface area contributed by atoms with Crippen LogP contribution in [0.3, 0.4) is 0 Å². The van der Waals surface area contributed by atoms with Gasteiger partial charge in [0.15, 0.2) is 0 Å². The number of amides is 3. The number of rotatable bonds is 3. The predicted octanol–water partition coefficient (Wildman–Crippen LogP) is 3.55. The van der Waals surface area contributed by atoms with Crippen LogP contribution in [0.1, 0.15) is 41.5 Å². The van der Waals surface area contributed by atoms with Crippen LogP contribution in [-0.2, 0) is 14.3 Å². The number of carbonyl (C=O) groups excluding carboxylic acids is 3. The van der Waals surface area contributed by atoms with Gasteiger partial charge in [0.1, 0.15) is 16.9 Å². The van der Waals surface area contributed by atoms with E-state index in [1.54, 1.807) is 48.6 Å². The number of benzene rings is 1. The van der Waals surface area contributed by atoms with Crippen LogP contribution < -0.4 is 9.80 Å². The van der Waals surface area contributed by atoms with E-state index in [0.717, 1.165) is 0 Å². The molecule has 11 heteroatoms. The number of piperazine rings is 1. The van der Waals surface area contributed by atoms with Crippen LogP contribution in [0.15, 0.2) is 18.2 Å². The first kappa shape index (κ1) is 25.1. The Kier molecular flexibility index (Phi) is 7.13. The Morgan fingerprint density at radius 3 is 2.00 bits per heavy atom. The number of likely N-dealkylation sites (N-methyl/N-ethyl adjacent to an activating group) is 1. The van der Waals surface area contributed by atoms with E-state index < -0.39 is 34.0 Å². The third-order valence-corrected chi connectivity index (χ3v) is 4.27. The fourth-order valence-electron chi connectivity index (χ4n) is 2.97. The second-order valence-electron chi connectivity index (χ2n) is 9.51. The molecule has 0 aromatic heterocycles. The largest absolute Gasteiger partial charge is 0.443 e. The highest BCUT2D eigenvalue weighted by atomic mass is 16.6. The number of carbonyl (C=O) groups is 3. The van der Waals surface area contributed by atoms with Crippen molar-refractivity contribution in [1.82, 2.24) is 4.90 Å². The molecular formula is C21H30N4O7. The average molecular weight is 450 g/mol. The van der Waals surface area contributed by atoms with E-state index in [9.17, 15) is 24.5 Å². The van der Waals surface area contributed by atoms with E-state index in [-0.39, 0.29) is 18.1 Å². The molecule has 1 heterocycles. The van der Waals surface area contributed by atoms with Gasteiger partial charge in [-0.05, 0) is 60.7 Å². The fourth-order valence-corrected chi connectivity index (χ4v) is 2.97. The smallest absolute Gasteiger partial charge is 0.424 e. The third kappa shape index (κ3) is 6.39. The van der Waals surface area contributed by atoms with Crippen molar-refractivity contribution in [2.24, 2.45) is 0 Å². The topological polar surface area (TPSA) is 123 Å². The third-order valence-electron chi connectivity index (χ3n) is 4.27. The molecular weight excluding hydrogens is 420 g/mol. The first-order chi connectivity index (χ1) is 14.6. The van der Waals surface area contributed by atoms with Crippen molar-refractivity contribution in [2.45, 2.75) is 52.7 Å². The normalized spacial score (nSPS) is 15.3. The predicted molar refractivity (Wildman–Crippen MR) is 118 cm³/mol. The highest BCUT2D eigenvalue weighted by molar-refractivity contribution is 6.11. The van der Waals surface area contributed by atoms with Crippen molar-refractivity contribution in [3.05, 3.63) is 28.3 Å². The molecule has 0 spiro atoms. The first-order valence-electron chi connectivity index (χ1n) is 10.1. The minimum absolute atomic E-state index is 0.178. The molecule has 3 amide bonds. The summed E-state index contributed by atoms with van der Waals surface area (Å²) in [6.45, 7) is 10.8. The zero-order valence-corrected chi connectivity index (χ0v) is 19.5. The summed E-state index contributed by atoms with van der Waals surface area (Å²) >= 11 is 0. The number of hydrogen-bond acceptors (Lipinski definition) is 8. The molecule has 1 saturated heterocycles. The van der Waals surface area contributed by atoms with Crippen LogP contribution in [0.25, 0.3) is 0 Å². The second kappa shape index (κ2) is 9.11. The lowest BCUT2D eigenvalue weighted by molar-refractivity contribution is -0.384. The highest BCUT2D eigenvalue weighted by Crippen LogP contribution is 2.35. The molecule has 176 valence electrons. The lowest BCUT2D eigenvalue weighted by Crippen LogP contribution is -2.49. The van der Waals surface area contributed by atoms with Gasteiger partial charge in [-0.3, -0.25) is 19.8 Å². The lowest BCUT2D eigenvalue weighted by Gasteiger charge is -2.32. The summed E-state index contributed by atoms with van der Waals surface area (Å²) < 4.78 is 10.6. The summed E-state index contributed by atoms with van der Waals surface area (Å²) in [4.78, 5) is 53.0. The van der Waals surface area contributed by atoms with E-state index in [4.69, 9.17) is 9.47 Å². The van der Waals surface area contributed by atoms with Crippen molar-refractivity contribution in [2.75, 3.05) is 36.5 Å². The number of nitrogens with zero attached hydrogens (tertiary/aromatic N) is 4. The number of nitro groups is 1. The van der Waals surface area contributed by atoms with E-state index in [1.165, 1.54) is 23.1 Å². The maximum absolute atomic E-state index is 12.8. The van der Waals surface area contributed by atoms with E-state index in [2.05, 4.69) is 0 Å². The minimum atomic E-state index is -1.11. The maximum Gasteiger partial charge on any atom is 0.424 e. The van der Waals surface area contributed by atoms with Gasteiger partial charge >= 0.3 is 12.2 Å². The second-order valence-corrected chi connectivity index (χ2v) is 9.51. The van der Waals surface area contributed by atoms with Crippen molar-refractivity contribution in [3.63, 3.8) is 0 Å². The molecule has 0 aliphatic carbocycles. The molecule has 32 heavy (non-hydrogen) atoms. The molecule has 0 radical (unpaired) electrons. The standard InChI is InChI=1S/C21H30N4O7/c1-20(2,3)31-18(27)24(19(28)32-21(4,5)6)15-9-8-14(12-16(15)25(29)30)23-11-10-22(7)13-17(23)26/h8-9,12H,10-11,13H2,1-7H3. The molecule has 1 aliphatic heterocycles. The number of anilines is 2. The van der Waals surface area contributed by atoms with Crippen LogP contribution in [0.5, 0.6) is 0 Å². The Hall–Kier alpha value is -3.21. The van der Waals surface area contributed by atoms with E-state index in [0.29, 0.717) is 23.7 Å². The SMILES string of the molecule is CN1CCN(c2ccc(N(C(=O)OC(C)(C)C)C(=O)OC(C)(C)C)c([N+](=O)[O-])c2)C(=O)C1. The van der Waals surface area contributed by atoms with Gasteiger partial charge in [0, 0.05) is 19.2 Å². The van der Waals surface area contributed by atoms with Crippen LogP contribution in [0.4, 0.5) is 26.7 Å². The fraction of sp³-hybridized carbons (Fsp3) is 0.571. The Morgan fingerprint density at radius 1 is 1.03 bits per heavy atom. The molecule has 1 aromatic carbocycles. The molecule has 0 N–H and O–H groups in total. The Morgan fingerprint density at radius 2 is 1.56 bits per heavy atom. The van der Waals surface area contributed by atoms with Gasteiger partial charge in [-0.1, -0.05) is 0 Å². The number of ether oxygens (including phenoxy) is 2. The van der Waals surface area contributed by atoms with Crippen LogP contribution in [0, 0.1) is 10.1 Å². The van der Waals surface area contributed by atoms with E-state index in [1.807, 2.05) is 4.90 Å². The van der Waals surface area contributed by atoms with Gasteiger partial charge in [-0.2, -0.15) is 4.90 Å². The first-order valence-corrected chi connectivity index (χ1v) is 10.1. The number of imide groups is 1. The molecule has 1 fully saturated rings. The highest BCUT2D eigenvalue weighted by Gasteiger charge is 2.37. The molecule has 0 atom stereocenters. The van der Waals surface area contributed by atoms with Crippen molar-refractivity contribution in [1.29, 1.82) is 0 Å². The van der Waals surface area contributed by atoms with Gasteiger partial charge in [0.25, 0.3) is 5.69 Å². The lowest BCUT2D eigenvalue weighted by atomic mass is 10.1. The Labute approximate surface area is 187 Å². The minimum Gasteiger partial charge on any atom is -0.443 e. The van der Waals surface area contributed by atoms with Crippen molar-refractivity contribution < 1.29 is 28.8 Å². The van der Waals surface area contributed by atoms with Crippen LogP contribution >= 0.6 is 0 Å². The monoisotopic (exact) mass is 450 g/mol. The number of nitro benzene ring substituents is 1. The maximum atomic E-state index is 12.8. The van der Waals surface area contributed by atoms with Crippen molar-refractivity contribution in [3.8, 4) is 0 Å². The summed E-state index contributed by atoms with van der Waals surface area (Å²) in [5.74, 6) is -0.211. The zero-order chi connectivity index (χ0) is 24.4. The zero-order valence-electron chi connectivity index (χ0n) is 19.5. The van der Waals surface area contributed by atoms with Gasteiger partial charge in [0.05, 0.1) is 17.2 Å². The van der Waals surface area contributed by atoms with Gasteiger partial charge in [-0.15, -0.1) is 0 Å². The summed E-state index contributed by atoms with van der Waals surface area (Å²) in [6.07, 6.45) is -2.23. The molecule has 1 aromatic rings. The molecule has 0 unspecified atom stereocenters. The summed E-state index contributed by atoms with van der Waals surface area (Å²) in [6, 6.07) is 3.86. The van der Waals surface area contributed by atoms with Crippen LogP contribution in [-0.4, -0.2) is 65.8 Å². The summed E-state index contributed by atoms with van der Waals surface area (Å²) in [5.41, 5.74) is -2.47. The quantitative estimate of drug-likeness (QED) is 0.506. The average Bonchev–Trinajstić information content (AvgIpc) is 2.59. The number of hydrogen-bond donors (Lipinski definition) is 0. The Bertz CT molecular complexity index is 890. The van der Waals surface area contributed by atoms with Crippen molar-refractivity contribution >= 4 is 35.2 Å². The molecule has 1 aliphatic rings. The van der Waals surface area contributed by atoms with Gasteiger partial charge in [0.2, 0.25) is 5.91 Å². The summed E-state index contributed by atoms with van der Waals surface area (Å²) in [7, 11) is 1.81. The van der Waals surface area contributed by atoms with Gasteiger partial charge in [-0.25, -0.2) is 9.59 Å². The molecule has 11 nitrogen and oxygen atoms in total. The molecule has 0 bridgehead atoms.